The van der Waals surface area contributed by atoms with Crippen molar-refractivity contribution in [3.8, 4) is 17.1 Å². The molecule has 0 aliphatic rings. The molecule has 0 spiro atoms. The number of benzene rings is 2. The lowest BCUT2D eigenvalue weighted by Crippen LogP contribution is -2.18. The van der Waals surface area contributed by atoms with Gasteiger partial charge in [-0.3, -0.25) is 9.47 Å². The molecular weight excluding hydrogens is 292 g/mol. The third-order valence-electron chi connectivity index (χ3n) is 3.30. The summed E-state index contributed by atoms with van der Waals surface area (Å²) < 4.78 is 4.57. The molecule has 3 rings (SSSR count). The maximum Gasteiger partial charge on any atom is 0.204 e. The molecule has 112 valence electrons. The molecule has 0 aliphatic heterocycles. The predicted molar refractivity (Wildman–Crippen MR) is 91.5 cm³/mol. The molecule has 0 saturated carbocycles. The van der Waals surface area contributed by atoms with Gasteiger partial charge in [-0.2, -0.15) is 0 Å². The summed E-state index contributed by atoms with van der Waals surface area (Å²) in [6.45, 7) is 0.651. The van der Waals surface area contributed by atoms with Gasteiger partial charge in [0.2, 0.25) is 4.77 Å². The van der Waals surface area contributed by atoms with Crippen LogP contribution in [0.3, 0.4) is 0 Å². The number of hydrogen-bond donors (Lipinski definition) is 0. The van der Waals surface area contributed by atoms with Gasteiger partial charge in [-0.05, 0) is 38.4 Å². The van der Waals surface area contributed by atoms with Crippen LogP contribution in [-0.4, -0.2) is 33.3 Å². The number of rotatable bonds is 4. The average Bonchev–Trinajstić information content (AvgIpc) is 2.85. The van der Waals surface area contributed by atoms with Gasteiger partial charge in [-0.15, -0.1) is 5.10 Å². The van der Waals surface area contributed by atoms with Crippen molar-refractivity contribution in [2.24, 2.45) is 0 Å². The smallest absolute Gasteiger partial charge is 0.204 e. The first-order valence-corrected chi connectivity index (χ1v) is 7.53. The van der Waals surface area contributed by atoms with E-state index in [1.807, 2.05) is 76.8 Å². The minimum atomic E-state index is 0.651. The van der Waals surface area contributed by atoms with Gasteiger partial charge in [0.05, 0.1) is 6.67 Å². The molecule has 0 aliphatic carbocycles. The molecule has 3 aromatic rings. The van der Waals surface area contributed by atoms with Crippen LogP contribution < -0.4 is 0 Å². The second kappa shape index (κ2) is 6.25. The minimum Gasteiger partial charge on any atom is -0.290 e. The van der Waals surface area contributed by atoms with Crippen molar-refractivity contribution >= 4 is 12.2 Å². The molecule has 1 aromatic heterocycles. The second-order valence-corrected chi connectivity index (χ2v) is 5.73. The zero-order valence-corrected chi connectivity index (χ0v) is 13.5. The van der Waals surface area contributed by atoms with E-state index >= 15 is 0 Å². The van der Waals surface area contributed by atoms with Gasteiger partial charge in [0, 0.05) is 11.3 Å². The van der Waals surface area contributed by atoms with Crippen LogP contribution in [0.4, 0.5) is 0 Å². The molecule has 0 bridgehead atoms. The van der Waals surface area contributed by atoms with Gasteiger partial charge in [-0.1, -0.05) is 48.5 Å². The van der Waals surface area contributed by atoms with Crippen LogP contribution in [-0.2, 0) is 6.67 Å². The molecule has 0 N–H and O–H groups in total. The van der Waals surface area contributed by atoms with E-state index in [-0.39, 0.29) is 0 Å². The molecule has 2 aromatic carbocycles. The van der Waals surface area contributed by atoms with Crippen LogP contribution in [0.1, 0.15) is 0 Å². The molecule has 0 amide bonds. The van der Waals surface area contributed by atoms with Gasteiger partial charge in [0.25, 0.3) is 0 Å². The zero-order chi connectivity index (χ0) is 15.5. The Kier molecular flexibility index (Phi) is 4.18. The van der Waals surface area contributed by atoms with Crippen molar-refractivity contribution in [3.63, 3.8) is 0 Å². The highest BCUT2D eigenvalue weighted by Gasteiger charge is 2.14. The molecule has 5 heteroatoms. The first-order valence-electron chi connectivity index (χ1n) is 7.12. The monoisotopic (exact) mass is 310 g/mol. The largest absolute Gasteiger partial charge is 0.290 e. The van der Waals surface area contributed by atoms with Crippen molar-refractivity contribution in [2.45, 2.75) is 6.67 Å². The summed E-state index contributed by atoms with van der Waals surface area (Å²) in [5.74, 6) is 0.860. The molecule has 0 saturated heterocycles. The van der Waals surface area contributed by atoms with Crippen LogP contribution in [0, 0.1) is 4.77 Å². The Morgan fingerprint density at radius 3 is 2.14 bits per heavy atom. The highest BCUT2D eigenvalue weighted by molar-refractivity contribution is 7.71. The summed E-state index contributed by atoms with van der Waals surface area (Å²) in [6, 6.07) is 20.2. The fourth-order valence-corrected chi connectivity index (χ4v) is 2.64. The minimum absolute atomic E-state index is 0.651. The number of hydrogen-bond acceptors (Lipinski definition) is 3. The van der Waals surface area contributed by atoms with Crippen molar-refractivity contribution in [2.75, 3.05) is 14.1 Å². The van der Waals surface area contributed by atoms with Gasteiger partial charge in [0.15, 0.2) is 5.82 Å². The number of para-hydroxylation sites is 1. The third kappa shape index (κ3) is 2.86. The molecular formula is C17H18N4S. The summed E-state index contributed by atoms with van der Waals surface area (Å²) in [6.07, 6.45) is 0. The maximum absolute atomic E-state index is 5.65. The summed E-state index contributed by atoms with van der Waals surface area (Å²) in [7, 11) is 4.01. The lowest BCUT2D eigenvalue weighted by atomic mass is 10.2. The van der Waals surface area contributed by atoms with E-state index < -0.39 is 0 Å². The quantitative estimate of drug-likeness (QED) is 0.689. The van der Waals surface area contributed by atoms with Crippen molar-refractivity contribution < 1.29 is 0 Å². The fourth-order valence-electron chi connectivity index (χ4n) is 2.35. The Hall–Kier alpha value is -2.24. The molecule has 0 fully saturated rings. The highest BCUT2D eigenvalue weighted by atomic mass is 32.1. The second-order valence-electron chi connectivity index (χ2n) is 5.36. The van der Waals surface area contributed by atoms with E-state index in [0.29, 0.717) is 11.4 Å². The Morgan fingerprint density at radius 1 is 0.955 bits per heavy atom. The van der Waals surface area contributed by atoms with Crippen LogP contribution in [0.5, 0.6) is 0 Å². The molecule has 0 unspecified atom stereocenters. The van der Waals surface area contributed by atoms with E-state index in [1.165, 1.54) is 0 Å². The Bertz CT molecular complexity index is 804. The number of aromatic nitrogens is 3. The topological polar surface area (TPSA) is 26.0 Å². The molecule has 1 heterocycles. The van der Waals surface area contributed by atoms with Gasteiger partial charge in [0.1, 0.15) is 0 Å². The van der Waals surface area contributed by atoms with Crippen LogP contribution in [0.25, 0.3) is 17.1 Å². The SMILES string of the molecule is CN(C)Cn1nc(-c2ccccc2)n(-c2ccccc2)c1=S. The zero-order valence-electron chi connectivity index (χ0n) is 12.7. The van der Waals surface area contributed by atoms with E-state index in [4.69, 9.17) is 17.3 Å². The normalized spacial score (nSPS) is 11.0. The van der Waals surface area contributed by atoms with Gasteiger partial charge in [-0.25, -0.2) is 4.68 Å². The average molecular weight is 310 g/mol. The lowest BCUT2D eigenvalue weighted by Gasteiger charge is -2.08. The first-order chi connectivity index (χ1) is 10.7. The first kappa shape index (κ1) is 14.7. The van der Waals surface area contributed by atoms with Gasteiger partial charge < -0.3 is 0 Å². The van der Waals surface area contributed by atoms with E-state index in [0.717, 1.165) is 17.1 Å². The van der Waals surface area contributed by atoms with Crippen molar-refractivity contribution in [1.29, 1.82) is 0 Å². The fraction of sp³-hybridized carbons (Fsp3) is 0.176. The summed E-state index contributed by atoms with van der Waals surface area (Å²) >= 11 is 5.65. The third-order valence-corrected chi connectivity index (χ3v) is 3.70. The molecule has 0 radical (unpaired) electrons. The van der Waals surface area contributed by atoms with Crippen LogP contribution in [0.15, 0.2) is 60.7 Å². The molecule has 4 nitrogen and oxygen atoms in total. The predicted octanol–water partition coefficient (Wildman–Crippen LogP) is 3.59. The van der Waals surface area contributed by atoms with Crippen LogP contribution in [0.2, 0.25) is 0 Å². The summed E-state index contributed by atoms with van der Waals surface area (Å²) in [5, 5.41) is 4.73. The van der Waals surface area contributed by atoms with Gasteiger partial charge >= 0.3 is 0 Å². The summed E-state index contributed by atoms with van der Waals surface area (Å²) in [5.41, 5.74) is 2.08. The summed E-state index contributed by atoms with van der Waals surface area (Å²) in [4.78, 5) is 2.05. The molecule has 0 atom stereocenters. The van der Waals surface area contributed by atoms with E-state index in [1.54, 1.807) is 0 Å². The lowest BCUT2D eigenvalue weighted by molar-refractivity contribution is 0.304. The number of nitrogens with zero attached hydrogens (tertiary/aromatic N) is 4. The van der Waals surface area contributed by atoms with Crippen molar-refractivity contribution in [3.05, 3.63) is 65.4 Å². The standard InChI is InChI=1S/C17H18N4S/c1-19(2)13-20-17(22)21(15-11-7-4-8-12-15)16(18-20)14-9-5-3-6-10-14/h3-12H,13H2,1-2H3. The molecule has 22 heavy (non-hydrogen) atoms. The highest BCUT2D eigenvalue weighted by Crippen LogP contribution is 2.22. The Labute approximate surface area is 135 Å². The van der Waals surface area contributed by atoms with Crippen LogP contribution >= 0.6 is 12.2 Å². The Morgan fingerprint density at radius 2 is 1.55 bits per heavy atom. The van der Waals surface area contributed by atoms with Crippen molar-refractivity contribution in [1.82, 2.24) is 19.2 Å². The Balaban J connectivity index is 2.22. The maximum atomic E-state index is 5.65. The van der Waals surface area contributed by atoms with E-state index in [2.05, 4.69) is 12.1 Å². The van der Waals surface area contributed by atoms with E-state index in [9.17, 15) is 0 Å².